The van der Waals surface area contributed by atoms with E-state index in [0.717, 1.165) is 25.9 Å². The molecule has 0 spiro atoms. The van der Waals surface area contributed by atoms with Crippen LogP contribution in [0, 0.1) is 0 Å². The number of nitrogens with two attached hydrogens (primary N) is 1. The number of nitrogens with one attached hydrogen (secondary N) is 1. The fourth-order valence-electron chi connectivity index (χ4n) is 0.779. The van der Waals surface area contributed by atoms with Crippen molar-refractivity contribution in [3.8, 4) is 0 Å². The standard InChI is InChI=1S/C7H15NO2.C4H7BrO2.C3H9N.CHCl3/c1-3-5-8-6-7(9)10-4-2;1-2-7-4(6)3-5;1-2-3-4;2-1(3)4/h8H,3-6H2,1-2H3;2-3H2,1H3;2-4H2,1H3;1H. The number of hydrogen-bond acceptors (Lipinski definition) is 6. The molecule has 25 heavy (non-hydrogen) atoms. The number of carbonyl (C=O) groups is 2. The van der Waals surface area contributed by atoms with Crippen molar-refractivity contribution in [3.63, 3.8) is 0 Å². The second-order valence-electron chi connectivity index (χ2n) is 3.96. The summed E-state index contributed by atoms with van der Waals surface area (Å²) < 4.78 is 8.44. The molecule has 0 amide bonds. The van der Waals surface area contributed by atoms with Gasteiger partial charge in [-0.3, -0.25) is 9.59 Å². The molecule has 0 atom stereocenters. The number of alkyl halides is 4. The second kappa shape index (κ2) is 31.9. The lowest BCUT2D eigenvalue weighted by Gasteiger charge is -2.01. The lowest BCUT2D eigenvalue weighted by molar-refractivity contribution is -0.142. The summed E-state index contributed by atoms with van der Waals surface area (Å²) in [6.07, 6.45) is 2.14. The van der Waals surface area contributed by atoms with Crippen LogP contribution in [0.2, 0.25) is 0 Å². The summed E-state index contributed by atoms with van der Waals surface area (Å²) in [5, 5.41) is 3.24. The Morgan fingerprint density at radius 1 is 1.00 bits per heavy atom. The van der Waals surface area contributed by atoms with E-state index in [-0.39, 0.29) is 11.9 Å². The highest BCUT2D eigenvalue weighted by Gasteiger charge is 1.97. The van der Waals surface area contributed by atoms with Gasteiger partial charge in [0.2, 0.25) is 0 Å². The molecular formula is C15H32BrCl3N2O4. The maximum absolute atomic E-state index is 10.6. The first kappa shape index (κ1) is 32.8. The van der Waals surface area contributed by atoms with E-state index in [4.69, 9.17) is 40.5 Å². The smallest absolute Gasteiger partial charge is 0.319 e. The van der Waals surface area contributed by atoms with Crippen LogP contribution in [0.25, 0.3) is 0 Å². The summed E-state index contributed by atoms with van der Waals surface area (Å²) in [6.45, 7) is 10.6. The average Bonchev–Trinajstić information content (AvgIpc) is 2.56. The molecule has 3 N–H and O–H groups in total. The van der Waals surface area contributed by atoms with Gasteiger partial charge in [0.1, 0.15) is 5.33 Å². The summed E-state index contributed by atoms with van der Waals surface area (Å²) in [4.78, 5) is 20.8. The van der Waals surface area contributed by atoms with E-state index >= 15 is 0 Å². The topological polar surface area (TPSA) is 90.7 Å². The van der Waals surface area contributed by atoms with Gasteiger partial charge in [-0.15, -0.1) is 0 Å². The van der Waals surface area contributed by atoms with Gasteiger partial charge in [0.25, 0.3) is 0 Å². The highest BCUT2D eigenvalue weighted by atomic mass is 79.9. The molecule has 154 valence electrons. The first-order chi connectivity index (χ1) is 11.8. The number of rotatable bonds is 8. The maximum Gasteiger partial charge on any atom is 0.319 e. The van der Waals surface area contributed by atoms with Gasteiger partial charge in [-0.05, 0) is 39.8 Å². The molecule has 0 rings (SSSR count). The van der Waals surface area contributed by atoms with Crippen LogP contribution in [-0.4, -0.2) is 54.4 Å². The van der Waals surface area contributed by atoms with Crippen molar-refractivity contribution in [2.75, 3.05) is 38.2 Å². The van der Waals surface area contributed by atoms with Crippen molar-refractivity contribution in [2.24, 2.45) is 5.73 Å². The van der Waals surface area contributed by atoms with Gasteiger partial charge in [0, 0.05) is 0 Å². The molecular weight excluding hydrogens is 458 g/mol. The Morgan fingerprint density at radius 3 is 1.64 bits per heavy atom. The maximum atomic E-state index is 10.6. The molecule has 0 aliphatic heterocycles. The van der Waals surface area contributed by atoms with Crippen LogP contribution in [-0.2, 0) is 19.1 Å². The predicted molar refractivity (Wildman–Crippen MR) is 111 cm³/mol. The third kappa shape index (κ3) is 59.1. The zero-order valence-corrected chi connectivity index (χ0v) is 19.3. The van der Waals surface area contributed by atoms with Crippen LogP contribution in [0.15, 0.2) is 0 Å². The van der Waals surface area contributed by atoms with E-state index < -0.39 is 4.30 Å². The van der Waals surface area contributed by atoms with Gasteiger partial charge in [0.05, 0.1) is 19.8 Å². The summed E-state index contributed by atoms with van der Waals surface area (Å²) in [6, 6.07) is 0. The van der Waals surface area contributed by atoms with Crippen molar-refractivity contribution in [1.29, 1.82) is 0 Å². The zero-order chi connectivity index (χ0) is 20.5. The normalized spacial score (nSPS) is 8.72. The Bertz CT molecular complexity index is 272. The van der Waals surface area contributed by atoms with Gasteiger partial charge in [-0.1, -0.05) is 64.6 Å². The largest absolute Gasteiger partial charge is 0.465 e. The number of halogens is 4. The van der Waals surface area contributed by atoms with E-state index in [9.17, 15) is 9.59 Å². The van der Waals surface area contributed by atoms with E-state index in [1.165, 1.54) is 0 Å². The first-order valence-corrected chi connectivity index (χ1v) is 10.4. The van der Waals surface area contributed by atoms with Crippen molar-refractivity contribution < 1.29 is 19.1 Å². The van der Waals surface area contributed by atoms with Crippen LogP contribution in [0.5, 0.6) is 0 Å². The Morgan fingerprint density at radius 2 is 1.40 bits per heavy atom. The molecule has 0 aliphatic carbocycles. The minimum Gasteiger partial charge on any atom is -0.465 e. The third-order valence-electron chi connectivity index (χ3n) is 1.70. The quantitative estimate of drug-likeness (QED) is 0.305. The highest BCUT2D eigenvalue weighted by molar-refractivity contribution is 9.09. The molecule has 0 saturated carbocycles. The van der Waals surface area contributed by atoms with Crippen molar-refractivity contribution in [2.45, 2.75) is 44.8 Å². The summed E-state index contributed by atoms with van der Waals surface area (Å²) in [5.41, 5.74) is 5.03. The lowest BCUT2D eigenvalue weighted by Crippen LogP contribution is -2.25. The van der Waals surface area contributed by atoms with E-state index in [1.54, 1.807) is 13.8 Å². The number of hydrogen-bond donors (Lipinski definition) is 2. The minimum absolute atomic E-state index is 0.170. The third-order valence-corrected chi connectivity index (χ3v) is 2.16. The van der Waals surface area contributed by atoms with Gasteiger partial charge in [0.15, 0.2) is 4.30 Å². The van der Waals surface area contributed by atoms with E-state index in [2.05, 4.69) is 44.6 Å². The van der Waals surface area contributed by atoms with Crippen LogP contribution in [0.4, 0.5) is 0 Å². The second-order valence-corrected chi connectivity index (χ2v) is 6.50. The van der Waals surface area contributed by atoms with Gasteiger partial charge >= 0.3 is 11.9 Å². The van der Waals surface area contributed by atoms with Crippen LogP contribution < -0.4 is 11.1 Å². The van der Waals surface area contributed by atoms with Crippen molar-refractivity contribution in [3.05, 3.63) is 0 Å². The number of esters is 2. The molecule has 10 heteroatoms. The highest BCUT2D eigenvalue weighted by Crippen LogP contribution is 2.03. The minimum atomic E-state index is -0.750. The molecule has 0 aromatic heterocycles. The Labute approximate surface area is 175 Å². The Hall–Kier alpha value is 0.210. The van der Waals surface area contributed by atoms with Gasteiger partial charge in [-0.25, -0.2) is 0 Å². The average molecular weight is 491 g/mol. The van der Waals surface area contributed by atoms with Crippen molar-refractivity contribution >= 4 is 62.7 Å². The van der Waals surface area contributed by atoms with Crippen LogP contribution >= 0.6 is 50.7 Å². The summed E-state index contributed by atoms with van der Waals surface area (Å²) in [5.74, 6) is -0.376. The van der Waals surface area contributed by atoms with Gasteiger partial charge < -0.3 is 20.5 Å². The van der Waals surface area contributed by atoms with Crippen LogP contribution in [0.3, 0.4) is 0 Å². The molecule has 0 aromatic carbocycles. The molecule has 0 fully saturated rings. The summed E-state index contributed by atoms with van der Waals surface area (Å²) in [7, 11) is 0. The monoisotopic (exact) mass is 488 g/mol. The fraction of sp³-hybridized carbons (Fsp3) is 0.867. The molecule has 0 aromatic rings. The SMILES string of the molecule is CCCN.CCCNCC(=O)OCC.CCOC(=O)CBr.ClC(Cl)Cl. The molecule has 6 nitrogen and oxygen atoms in total. The first-order valence-electron chi connectivity index (χ1n) is 7.97. The molecule has 0 bridgehead atoms. The molecule has 0 saturated heterocycles. The van der Waals surface area contributed by atoms with E-state index in [1.807, 2.05) is 0 Å². The van der Waals surface area contributed by atoms with Crippen molar-refractivity contribution in [1.82, 2.24) is 5.32 Å². The Kier molecular flexibility index (Phi) is 42.0. The Balaban J connectivity index is -0.000000128. The number of ether oxygens (including phenoxy) is 2. The lowest BCUT2D eigenvalue weighted by atomic mass is 10.5. The summed E-state index contributed by atoms with van der Waals surface area (Å²) >= 11 is 17.4. The van der Waals surface area contributed by atoms with E-state index in [0.29, 0.717) is 25.1 Å². The van der Waals surface area contributed by atoms with Crippen LogP contribution in [0.1, 0.15) is 40.5 Å². The zero-order valence-electron chi connectivity index (χ0n) is 15.5. The fourth-order valence-corrected chi connectivity index (χ4v) is 0.941. The van der Waals surface area contributed by atoms with Gasteiger partial charge in [-0.2, -0.15) is 0 Å². The molecule has 0 aliphatic rings. The molecule has 0 heterocycles. The molecule has 0 radical (unpaired) electrons. The number of carbonyl (C=O) groups excluding carboxylic acids is 2. The molecule has 0 unspecified atom stereocenters. The predicted octanol–water partition coefficient (Wildman–Crippen LogP) is 3.84.